The summed E-state index contributed by atoms with van der Waals surface area (Å²) in [5.41, 5.74) is 1.95. The average molecular weight is 828 g/mol. The molecule has 0 saturated carbocycles. The quantitative estimate of drug-likeness (QED) is 0.0433. The minimum atomic E-state index is -0.0715. The van der Waals surface area contributed by atoms with Crippen LogP contribution in [0.3, 0.4) is 0 Å². The number of aromatic amines is 1. The summed E-state index contributed by atoms with van der Waals surface area (Å²) >= 11 is 14.3. The maximum absolute atomic E-state index is 11.7. The third-order valence-corrected chi connectivity index (χ3v) is 10.0. The highest BCUT2D eigenvalue weighted by molar-refractivity contribution is 8.01. The number of nitrogens with one attached hydrogen (secondary N) is 3. The summed E-state index contributed by atoms with van der Waals surface area (Å²) in [5, 5.41) is 5.62. The van der Waals surface area contributed by atoms with E-state index in [1.54, 1.807) is 14.2 Å². The molecule has 1 fully saturated rings. The lowest BCUT2D eigenvalue weighted by Crippen LogP contribution is -2.26. The largest absolute Gasteiger partial charge is 0.497 e. The van der Waals surface area contributed by atoms with Crippen LogP contribution in [0.5, 0.6) is 11.5 Å². The first-order valence-electron chi connectivity index (χ1n) is 17.3. The second kappa shape index (κ2) is 30.3. The van der Waals surface area contributed by atoms with E-state index in [4.69, 9.17) is 38.0 Å². The molecule has 0 spiro atoms. The summed E-state index contributed by atoms with van der Waals surface area (Å²) < 4.78 is 24.0. The van der Waals surface area contributed by atoms with Crippen molar-refractivity contribution in [3.05, 3.63) is 52.5 Å². The van der Waals surface area contributed by atoms with Crippen molar-refractivity contribution in [2.45, 2.75) is 77.0 Å². The van der Waals surface area contributed by atoms with Crippen molar-refractivity contribution in [1.29, 1.82) is 0 Å². The van der Waals surface area contributed by atoms with E-state index in [0.717, 1.165) is 84.8 Å². The minimum absolute atomic E-state index is 0. The molecule has 3 heterocycles. The zero-order valence-electron chi connectivity index (χ0n) is 30.4. The molecule has 5 rings (SSSR count). The molecule has 0 bridgehead atoms. The van der Waals surface area contributed by atoms with Crippen LogP contribution in [0.1, 0.15) is 72.6 Å². The third kappa shape index (κ3) is 21.4. The average Bonchev–Trinajstić information content (AvgIpc) is 4.00. The molecule has 0 atom stereocenters. The zero-order valence-corrected chi connectivity index (χ0v) is 34.4. The van der Waals surface area contributed by atoms with Gasteiger partial charge in [-0.25, -0.2) is 9.97 Å². The topological polar surface area (TPSA) is 140 Å². The van der Waals surface area contributed by atoms with E-state index >= 15 is 0 Å². The predicted octanol–water partition coefficient (Wildman–Crippen LogP) is 9.45. The normalized spacial score (nSPS) is 11.3. The number of nitrogens with zero attached hydrogens (tertiary/aromatic N) is 3. The van der Waals surface area contributed by atoms with Crippen LogP contribution in [0.4, 0.5) is 0 Å². The molecule has 53 heavy (non-hydrogen) atoms. The number of carbonyl (C=O) groups is 2. The molecule has 3 N–H and O–H groups in total. The van der Waals surface area contributed by atoms with Crippen LogP contribution in [0.15, 0.2) is 52.9 Å². The second-order valence-corrected chi connectivity index (χ2v) is 14.8. The van der Waals surface area contributed by atoms with Crippen LogP contribution in [0.2, 0.25) is 0 Å². The second-order valence-electron chi connectivity index (χ2n) is 11.1. The lowest BCUT2D eigenvalue weighted by molar-refractivity contribution is -0.119. The molecule has 2 amide bonds. The van der Waals surface area contributed by atoms with Crippen molar-refractivity contribution in [3.8, 4) is 34.3 Å². The fraction of sp³-hybridized carbons (Fsp3) is 0.514. The van der Waals surface area contributed by atoms with Crippen LogP contribution in [0.25, 0.3) is 22.8 Å². The Kier molecular flexibility index (Phi) is 27.4. The number of carbonyl (C=O) groups excluding carboxylic acids is 2. The predicted molar refractivity (Wildman–Crippen MR) is 224 cm³/mol. The Bertz CT molecular complexity index is 1570. The molecule has 16 heteroatoms. The monoisotopic (exact) mass is 826 g/mol. The van der Waals surface area contributed by atoms with Crippen LogP contribution in [-0.2, 0) is 14.3 Å². The SMILES string of the molecule is C.C1CCOC1.CCCCCNC(=O)CCl.CCCCCNC(=O)CSc1nc(-c2ccc(OC)cc2)ns1.COc1ccc(-c2nc(=S)s[nH]2)cc1. The Morgan fingerprint density at radius 1 is 0.868 bits per heavy atom. The van der Waals surface area contributed by atoms with Gasteiger partial charge in [-0.15, -0.1) is 11.6 Å². The van der Waals surface area contributed by atoms with Gasteiger partial charge in [0.05, 0.1) is 20.0 Å². The summed E-state index contributed by atoms with van der Waals surface area (Å²) in [6.07, 6.45) is 9.30. The first-order valence-corrected chi connectivity index (χ1v) is 20.8. The summed E-state index contributed by atoms with van der Waals surface area (Å²) in [4.78, 5) is 30.9. The van der Waals surface area contributed by atoms with E-state index < -0.39 is 0 Å². The highest BCUT2D eigenvalue weighted by Crippen LogP contribution is 2.26. The maximum Gasteiger partial charge on any atom is 0.234 e. The molecule has 0 unspecified atom stereocenters. The Hall–Kier alpha value is -3.08. The van der Waals surface area contributed by atoms with Gasteiger partial charge in [0.15, 0.2) is 14.1 Å². The minimum Gasteiger partial charge on any atom is -0.497 e. The van der Waals surface area contributed by atoms with Crippen LogP contribution in [0, 0.1) is 3.95 Å². The molecular formula is C37H55ClN6O5S4. The van der Waals surface area contributed by atoms with Crippen LogP contribution in [-0.4, -0.2) is 82.7 Å². The number of methoxy groups -OCH3 is 2. The van der Waals surface area contributed by atoms with Gasteiger partial charge in [-0.2, -0.15) is 4.37 Å². The van der Waals surface area contributed by atoms with E-state index in [2.05, 4.69) is 43.2 Å². The smallest absolute Gasteiger partial charge is 0.234 e. The van der Waals surface area contributed by atoms with E-state index in [0.29, 0.717) is 15.5 Å². The Labute approximate surface area is 337 Å². The van der Waals surface area contributed by atoms with E-state index in [9.17, 15) is 9.59 Å². The number of halogens is 1. The van der Waals surface area contributed by atoms with Crippen molar-refractivity contribution in [1.82, 2.24) is 29.3 Å². The van der Waals surface area contributed by atoms with E-state index in [1.165, 1.54) is 60.5 Å². The van der Waals surface area contributed by atoms with Crippen LogP contribution >= 0.6 is 58.6 Å². The number of thioether (sulfide) groups is 1. The number of benzene rings is 2. The first kappa shape index (κ1) is 47.9. The Balaban J connectivity index is 0.000000397. The molecule has 2 aromatic carbocycles. The lowest BCUT2D eigenvalue weighted by Gasteiger charge is -2.02. The van der Waals surface area contributed by atoms with Gasteiger partial charge in [0.2, 0.25) is 11.8 Å². The molecular weight excluding hydrogens is 772 g/mol. The number of unbranched alkanes of at least 4 members (excludes halogenated alkanes) is 4. The number of H-pyrrole nitrogens is 1. The molecule has 294 valence electrons. The van der Waals surface area contributed by atoms with Gasteiger partial charge in [-0.3, -0.25) is 14.0 Å². The Morgan fingerprint density at radius 3 is 1.87 bits per heavy atom. The molecule has 1 aliphatic heterocycles. The van der Waals surface area contributed by atoms with Crippen molar-refractivity contribution in [2.75, 3.05) is 52.2 Å². The molecule has 4 aromatic rings. The van der Waals surface area contributed by atoms with Crippen molar-refractivity contribution in [2.24, 2.45) is 0 Å². The van der Waals surface area contributed by atoms with Crippen molar-refractivity contribution in [3.63, 3.8) is 0 Å². The lowest BCUT2D eigenvalue weighted by atomic mass is 10.2. The number of ether oxygens (including phenoxy) is 3. The number of alkyl halides is 1. The van der Waals surface area contributed by atoms with Crippen LogP contribution < -0.4 is 20.1 Å². The number of hydrogen-bond donors (Lipinski definition) is 3. The molecule has 11 nitrogen and oxygen atoms in total. The maximum atomic E-state index is 11.7. The van der Waals surface area contributed by atoms with Gasteiger partial charge in [0.25, 0.3) is 0 Å². The van der Waals surface area contributed by atoms with Crippen molar-refractivity contribution < 1.29 is 23.8 Å². The highest BCUT2D eigenvalue weighted by Gasteiger charge is 2.10. The fourth-order valence-corrected chi connectivity index (χ4v) is 6.41. The molecule has 1 saturated heterocycles. The fourth-order valence-electron chi connectivity index (χ4n) is 4.17. The van der Waals surface area contributed by atoms with E-state index in [1.807, 2.05) is 48.5 Å². The zero-order chi connectivity index (χ0) is 37.8. The van der Waals surface area contributed by atoms with Gasteiger partial charge >= 0.3 is 0 Å². The Morgan fingerprint density at radius 2 is 1.42 bits per heavy atom. The number of rotatable bonds is 16. The summed E-state index contributed by atoms with van der Waals surface area (Å²) in [6, 6.07) is 15.3. The van der Waals surface area contributed by atoms with Gasteiger partial charge < -0.3 is 24.8 Å². The van der Waals surface area contributed by atoms with Gasteiger partial charge in [-0.05, 0) is 109 Å². The first-order chi connectivity index (χ1) is 25.3. The summed E-state index contributed by atoms with van der Waals surface area (Å²) in [7, 11) is 3.28. The summed E-state index contributed by atoms with van der Waals surface area (Å²) in [6.45, 7) is 7.79. The highest BCUT2D eigenvalue weighted by atomic mass is 35.5. The van der Waals surface area contributed by atoms with Gasteiger partial charge in [0.1, 0.15) is 23.2 Å². The number of amides is 2. The third-order valence-electron chi connectivity index (χ3n) is 7.04. The number of hydrogen-bond acceptors (Lipinski definition) is 12. The number of aromatic nitrogens is 4. The van der Waals surface area contributed by atoms with Gasteiger partial charge in [-0.1, -0.05) is 58.7 Å². The van der Waals surface area contributed by atoms with Crippen molar-refractivity contribution >= 4 is 70.5 Å². The van der Waals surface area contributed by atoms with Gasteiger partial charge in [0, 0.05) is 37.4 Å². The summed E-state index contributed by atoms with van der Waals surface area (Å²) in [5.74, 6) is 3.56. The molecule has 0 aliphatic carbocycles. The standard InChI is InChI=1S/C16H21N3O2S2.C9H8N2OS2.C7H14ClNO.C4H8O.CH4/c1-3-4-5-10-17-14(20)11-22-16-18-15(19-23-16)12-6-8-13(21-2)9-7-12;1-12-7-4-2-6(3-5-7)8-10-9(13)14-11-8;1-2-3-4-5-9-7(10)6-8;1-2-4-5-3-1;/h6-9H,3-5,10-11H2,1-2H3,(H,17,20);2-5H,1H3,(H,10,11,13);2-6H2,1H3,(H,9,10);1-4H2;1H4. The molecule has 0 radical (unpaired) electrons. The molecule has 1 aliphatic rings. The van der Waals surface area contributed by atoms with E-state index in [-0.39, 0.29) is 25.1 Å². The molecule has 2 aromatic heterocycles.